The number of rotatable bonds is 0. The maximum atomic E-state index is 8.56. The van der Waals surface area contributed by atoms with Crippen LogP contribution in [0.1, 0.15) is 0 Å². The number of carboxylic acid groups (broad SMARTS) is 2. The topological polar surface area (TPSA) is 57.5 Å². The number of carbonyl (C=O) groups is 1. The molecule has 0 aromatic rings. The summed E-state index contributed by atoms with van der Waals surface area (Å²) in [4.78, 5) is 8.56. The monoisotopic (exact) mass is 194 g/mol. The van der Waals surface area contributed by atoms with Crippen LogP contribution in [-0.4, -0.2) is 99.6 Å². The van der Waals surface area contributed by atoms with E-state index in [1.165, 1.54) is 0 Å². The molecule has 0 unspecified atom stereocenters. The van der Waals surface area contributed by atoms with Crippen LogP contribution in [0.3, 0.4) is 0 Å². The van der Waals surface area contributed by atoms with Gasteiger partial charge < -0.3 is 10.2 Å². The molecular formula is CH6CaO3Sr. The van der Waals surface area contributed by atoms with E-state index in [9.17, 15) is 0 Å². The molecule has 5 heteroatoms. The van der Waals surface area contributed by atoms with Gasteiger partial charge in [-0.15, -0.1) is 0 Å². The second-order valence-electron chi connectivity index (χ2n) is 0.283. The van der Waals surface area contributed by atoms with Crippen molar-refractivity contribution >= 4 is 89.4 Å². The normalized spacial score (nSPS) is 4.00. The SMILES string of the molecule is O=C(O)O.[CaH2].[SrH2]. The first-order chi connectivity index (χ1) is 1.73. The molecule has 0 radical (unpaired) electrons. The van der Waals surface area contributed by atoms with Gasteiger partial charge in [0.25, 0.3) is 0 Å². The molecule has 0 rings (SSSR count). The van der Waals surface area contributed by atoms with Crippen molar-refractivity contribution in [2.24, 2.45) is 0 Å². The van der Waals surface area contributed by atoms with Crippen molar-refractivity contribution in [3.05, 3.63) is 0 Å². The maximum absolute atomic E-state index is 8.56. The molecular weight excluding hydrogens is 188 g/mol. The minimum absolute atomic E-state index is 0. The summed E-state index contributed by atoms with van der Waals surface area (Å²) in [5.74, 6) is 0. The van der Waals surface area contributed by atoms with Gasteiger partial charge >= 0.3 is 89.4 Å². The van der Waals surface area contributed by atoms with Gasteiger partial charge in [0.15, 0.2) is 0 Å². The quantitative estimate of drug-likeness (QED) is 0.456. The Balaban J connectivity index is -0.0000000450. The van der Waals surface area contributed by atoms with Crippen molar-refractivity contribution < 1.29 is 15.0 Å². The summed E-state index contributed by atoms with van der Waals surface area (Å²) in [6.07, 6.45) is -1.83. The van der Waals surface area contributed by atoms with Gasteiger partial charge in [0.05, 0.1) is 0 Å². The van der Waals surface area contributed by atoms with Crippen molar-refractivity contribution in [3.63, 3.8) is 0 Å². The van der Waals surface area contributed by atoms with Crippen molar-refractivity contribution in [2.75, 3.05) is 0 Å². The molecule has 0 saturated heterocycles. The summed E-state index contributed by atoms with van der Waals surface area (Å²) in [6.45, 7) is 0. The first-order valence-corrected chi connectivity index (χ1v) is 0.651. The average Bonchev–Trinajstić information content (AvgIpc) is 0.811. The third kappa shape index (κ3) is 37.3. The van der Waals surface area contributed by atoms with Gasteiger partial charge in [-0.25, -0.2) is 4.79 Å². The molecule has 0 heterocycles. The molecule has 3 nitrogen and oxygen atoms in total. The molecule has 0 aliphatic carbocycles. The first kappa shape index (κ1) is 15.7. The molecule has 0 aliphatic rings. The fraction of sp³-hybridized carbons (Fsp3) is 0. The molecule has 0 fully saturated rings. The minimum atomic E-state index is -1.83. The Morgan fingerprint density at radius 2 is 1.33 bits per heavy atom. The van der Waals surface area contributed by atoms with Crippen molar-refractivity contribution in [1.29, 1.82) is 0 Å². The van der Waals surface area contributed by atoms with Gasteiger partial charge in [-0.1, -0.05) is 0 Å². The van der Waals surface area contributed by atoms with Crippen LogP contribution >= 0.6 is 0 Å². The molecule has 0 spiro atoms. The summed E-state index contributed by atoms with van der Waals surface area (Å²) >= 11 is 0. The van der Waals surface area contributed by atoms with Gasteiger partial charge in [-0.3, -0.25) is 0 Å². The van der Waals surface area contributed by atoms with E-state index >= 15 is 0 Å². The van der Waals surface area contributed by atoms with E-state index in [1.807, 2.05) is 0 Å². The molecule has 0 aromatic carbocycles. The Morgan fingerprint density at radius 1 is 1.33 bits per heavy atom. The average molecular weight is 194 g/mol. The third-order valence-corrected chi connectivity index (χ3v) is 0. The first-order valence-electron chi connectivity index (χ1n) is 0.651. The van der Waals surface area contributed by atoms with Gasteiger partial charge in [0, 0.05) is 0 Å². The fourth-order valence-corrected chi connectivity index (χ4v) is 0. The summed E-state index contributed by atoms with van der Waals surface area (Å²) in [6, 6.07) is 0. The van der Waals surface area contributed by atoms with Gasteiger partial charge in [0.2, 0.25) is 0 Å². The molecule has 0 amide bonds. The molecule has 0 saturated carbocycles. The van der Waals surface area contributed by atoms with Crippen LogP contribution in [0, 0.1) is 0 Å². The molecule has 0 atom stereocenters. The van der Waals surface area contributed by atoms with Crippen LogP contribution in [-0.2, 0) is 0 Å². The van der Waals surface area contributed by atoms with Crippen LogP contribution < -0.4 is 0 Å². The number of hydrogen-bond donors (Lipinski definition) is 2. The molecule has 0 aliphatic heterocycles. The summed E-state index contributed by atoms with van der Waals surface area (Å²) in [5, 5.41) is 13.9. The second-order valence-corrected chi connectivity index (χ2v) is 0.283. The Hall–Kier alpha value is 2.01. The summed E-state index contributed by atoms with van der Waals surface area (Å²) < 4.78 is 0. The Bertz CT molecular complexity index is 33.8. The van der Waals surface area contributed by atoms with E-state index < -0.39 is 6.16 Å². The molecule has 32 valence electrons. The third-order valence-electron chi connectivity index (χ3n) is 0. The van der Waals surface area contributed by atoms with Gasteiger partial charge in [-0.2, -0.15) is 0 Å². The van der Waals surface area contributed by atoms with E-state index in [0.29, 0.717) is 0 Å². The zero-order valence-corrected chi connectivity index (χ0v) is 1.80. The Labute approximate surface area is 102 Å². The van der Waals surface area contributed by atoms with Crippen LogP contribution in [0.15, 0.2) is 0 Å². The van der Waals surface area contributed by atoms with E-state index in [0.717, 1.165) is 0 Å². The summed E-state index contributed by atoms with van der Waals surface area (Å²) in [5.41, 5.74) is 0. The molecule has 0 aromatic heterocycles. The Morgan fingerprint density at radius 3 is 1.33 bits per heavy atom. The van der Waals surface area contributed by atoms with E-state index in [2.05, 4.69) is 0 Å². The van der Waals surface area contributed by atoms with Crippen molar-refractivity contribution in [2.45, 2.75) is 0 Å². The van der Waals surface area contributed by atoms with Gasteiger partial charge in [0.1, 0.15) is 0 Å². The predicted octanol–water partition coefficient (Wildman–Crippen LogP) is -1.61. The van der Waals surface area contributed by atoms with E-state index in [4.69, 9.17) is 15.0 Å². The van der Waals surface area contributed by atoms with Crippen LogP contribution in [0.2, 0.25) is 0 Å². The zero-order valence-electron chi connectivity index (χ0n) is 1.80. The Kier molecular flexibility index (Phi) is 26.4. The van der Waals surface area contributed by atoms with E-state index in [1.54, 1.807) is 0 Å². The molecule has 6 heavy (non-hydrogen) atoms. The second kappa shape index (κ2) is 10.1. The van der Waals surface area contributed by atoms with E-state index in [-0.39, 0.29) is 83.2 Å². The van der Waals surface area contributed by atoms with Crippen LogP contribution in [0.4, 0.5) is 4.79 Å². The standard InChI is InChI=1S/CH2O3.Ca.Sr.4H/c2-1(3)4;;;;;;/h(H2,2,3,4);;;;;;. The van der Waals surface area contributed by atoms with Crippen LogP contribution in [0.25, 0.3) is 0 Å². The molecule has 0 bridgehead atoms. The van der Waals surface area contributed by atoms with Crippen LogP contribution in [0.5, 0.6) is 0 Å². The van der Waals surface area contributed by atoms with Crippen molar-refractivity contribution in [3.8, 4) is 0 Å². The molecule has 2 N–H and O–H groups in total. The fourth-order valence-electron chi connectivity index (χ4n) is 0. The predicted molar refractivity (Wildman–Crippen MR) is 27.7 cm³/mol. The van der Waals surface area contributed by atoms with Crippen molar-refractivity contribution in [1.82, 2.24) is 0 Å². The number of hydrogen-bond acceptors (Lipinski definition) is 1. The zero-order chi connectivity index (χ0) is 3.58. The van der Waals surface area contributed by atoms with Gasteiger partial charge in [-0.05, 0) is 0 Å². The summed E-state index contributed by atoms with van der Waals surface area (Å²) in [7, 11) is 0.